The van der Waals surface area contributed by atoms with Gasteiger partial charge in [0, 0.05) is 0 Å². The molecule has 0 saturated carbocycles. The summed E-state index contributed by atoms with van der Waals surface area (Å²) in [5.41, 5.74) is 0. The second-order valence-electron chi connectivity index (χ2n) is 4.95. The Balaban J connectivity index is 4.38. The van der Waals surface area contributed by atoms with Crippen molar-refractivity contribution in [3.8, 4) is 0 Å². The zero-order valence-electron chi connectivity index (χ0n) is 10.2. The maximum Gasteiger partial charge on any atom is 0.183 e. The van der Waals surface area contributed by atoms with Gasteiger partial charge in [0.25, 0.3) is 0 Å². The van der Waals surface area contributed by atoms with Gasteiger partial charge in [-0.3, -0.25) is 0 Å². The first-order valence-corrected chi connectivity index (χ1v) is 10.1. The first kappa shape index (κ1) is 15.3. The van der Waals surface area contributed by atoms with Crippen molar-refractivity contribution in [1.82, 2.24) is 0 Å². The van der Waals surface area contributed by atoms with Gasteiger partial charge in [-0.2, -0.15) is 0 Å². The molecule has 0 aromatic carbocycles. The number of hydrogen-bond donors (Lipinski definition) is 3. The highest BCUT2D eigenvalue weighted by atomic mass is 28.4. The SMILES string of the molecule is CCCC(O)([SiH2]O[Si](C)(C)C)C(O)CO. The maximum absolute atomic E-state index is 10.2. The molecule has 2 atom stereocenters. The van der Waals surface area contributed by atoms with E-state index in [1.807, 2.05) is 6.92 Å². The molecule has 0 aliphatic carbocycles. The predicted octanol–water partition coefficient (Wildman–Crippen LogP) is -0.236. The average Bonchev–Trinajstić information content (AvgIpc) is 2.13. The minimum Gasteiger partial charge on any atom is -0.458 e. The second kappa shape index (κ2) is 6.12. The van der Waals surface area contributed by atoms with E-state index in [4.69, 9.17) is 9.22 Å². The van der Waals surface area contributed by atoms with Gasteiger partial charge in [-0.25, -0.2) is 0 Å². The Bertz CT molecular complexity index is 183. The topological polar surface area (TPSA) is 69.9 Å². The van der Waals surface area contributed by atoms with Gasteiger partial charge in [-0.15, -0.1) is 0 Å². The van der Waals surface area contributed by atoms with E-state index in [0.29, 0.717) is 6.42 Å². The summed E-state index contributed by atoms with van der Waals surface area (Å²) in [6, 6.07) is 0. The molecule has 0 amide bonds. The third-order valence-corrected chi connectivity index (χ3v) is 7.60. The number of rotatable bonds is 7. The Labute approximate surface area is 95.4 Å². The van der Waals surface area contributed by atoms with E-state index >= 15 is 0 Å². The fraction of sp³-hybridized carbons (Fsp3) is 1.00. The number of aliphatic hydroxyl groups excluding tert-OH is 2. The monoisotopic (exact) mass is 252 g/mol. The maximum atomic E-state index is 10.2. The summed E-state index contributed by atoms with van der Waals surface area (Å²) in [4.78, 5) is 0. The standard InChI is InChI=1S/C9H24O4Si2/c1-5-6-9(12,8(11)7-10)14-13-15(2,3)4/h8,10-12H,5-7,14H2,1-4H3. The molecular weight excluding hydrogens is 228 g/mol. The van der Waals surface area contributed by atoms with Crippen molar-refractivity contribution in [2.75, 3.05) is 6.61 Å². The molecule has 0 aromatic rings. The van der Waals surface area contributed by atoms with Gasteiger partial charge in [-0.1, -0.05) is 13.3 Å². The molecule has 6 heteroatoms. The van der Waals surface area contributed by atoms with Crippen LogP contribution in [0.4, 0.5) is 0 Å². The van der Waals surface area contributed by atoms with E-state index in [-0.39, 0.29) is 0 Å². The normalized spacial score (nSPS) is 19.4. The van der Waals surface area contributed by atoms with Gasteiger partial charge >= 0.3 is 0 Å². The molecule has 15 heavy (non-hydrogen) atoms. The average molecular weight is 252 g/mol. The lowest BCUT2D eigenvalue weighted by atomic mass is 10.1. The molecule has 0 bridgehead atoms. The van der Waals surface area contributed by atoms with Crippen molar-refractivity contribution in [3.63, 3.8) is 0 Å². The third kappa shape index (κ3) is 5.79. The van der Waals surface area contributed by atoms with Gasteiger partial charge in [0.1, 0.15) is 11.3 Å². The van der Waals surface area contributed by atoms with Crippen LogP contribution in [0.2, 0.25) is 19.6 Å². The fourth-order valence-corrected chi connectivity index (χ4v) is 4.83. The van der Waals surface area contributed by atoms with Crippen LogP contribution in [0.1, 0.15) is 19.8 Å². The van der Waals surface area contributed by atoms with Crippen LogP contribution in [0.3, 0.4) is 0 Å². The highest BCUT2D eigenvalue weighted by molar-refractivity contribution is 6.74. The minimum absolute atomic E-state index is 0.404. The van der Waals surface area contributed by atoms with Crippen LogP contribution < -0.4 is 0 Å². The van der Waals surface area contributed by atoms with Gasteiger partial charge in [0.05, 0.1) is 6.61 Å². The molecule has 0 radical (unpaired) electrons. The Morgan fingerprint density at radius 1 is 1.40 bits per heavy atom. The predicted molar refractivity (Wildman–Crippen MR) is 65.9 cm³/mol. The van der Waals surface area contributed by atoms with Crippen molar-refractivity contribution < 1.29 is 19.4 Å². The molecule has 0 saturated heterocycles. The van der Waals surface area contributed by atoms with Crippen molar-refractivity contribution in [2.24, 2.45) is 0 Å². The quantitative estimate of drug-likeness (QED) is 0.547. The van der Waals surface area contributed by atoms with Gasteiger partial charge in [-0.05, 0) is 26.1 Å². The summed E-state index contributed by atoms with van der Waals surface area (Å²) in [6.45, 7) is 7.70. The summed E-state index contributed by atoms with van der Waals surface area (Å²) >= 11 is 0. The Morgan fingerprint density at radius 3 is 2.27 bits per heavy atom. The molecule has 4 nitrogen and oxygen atoms in total. The van der Waals surface area contributed by atoms with E-state index in [2.05, 4.69) is 19.6 Å². The van der Waals surface area contributed by atoms with Crippen molar-refractivity contribution in [3.05, 3.63) is 0 Å². The summed E-state index contributed by atoms with van der Waals surface area (Å²) in [5, 5.41) is 27.5. The van der Waals surface area contributed by atoms with Crippen LogP contribution in [0.15, 0.2) is 0 Å². The third-order valence-electron chi connectivity index (χ3n) is 2.23. The van der Waals surface area contributed by atoms with Gasteiger partial charge < -0.3 is 19.4 Å². The lowest BCUT2D eigenvalue weighted by molar-refractivity contribution is -0.0530. The Morgan fingerprint density at radius 2 is 1.93 bits per heavy atom. The van der Waals surface area contributed by atoms with E-state index in [0.717, 1.165) is 6.42 Å². The zero-order chi connectivity index (χ0) is 12.1. The smallest absolute Gasteiger partial charge is 0.183 e. The summed E-state index contributed by atoms with van der Waals surface area (Å²) in [6.07, 6.45) is 0.196. The van der Waals surface area contributed by atoms with E-state index in [1.165, 1.54) is 0 Å². The molecule has 0 rings (SSSR count). The Kier molecular flexibility index (Phi) is 6.23. The summed E-state index contributed by atoms with van der Waals surface area (Å²) in [7, 11) is -2.88. The highest BCUT2D eigenvalue weighted by Gasteiger charge is 2.36. The number of hydrogen-bond acceptors (Lipinski definition) is 4. The molecule has 0 aliphatic heterocycles. The van der Waals surface area contributed by atoms with Crippen LogP contribution in [0.25, 0.3) is 0 Å². The lowest BCUT2D eigenvalue weighted by Crippen LogP contribution is -2.52. The fourth-order valence-electron chi connectivity index (χ4n) is 1.28. The van der Waals surface area contributed by atoms with Crippen LogP contribution in [-0.4, -0.2) is 51.3 Å². The van der Waals surface area contributed by atoms with Crippen LogP contribution in [0.5, 0.6) is 0 Å². The molecule has 3 N–H and O–H groups in total. The molecule has 0 heterocycles. The molecule has 2 unspecified atom stereocenters. The van der Waals surface area contributed by atoms with Crippen molar-refractivity contribution in [1.29, 1.82) is 0 Å². The van der Waals surface area contributed by atoms with Crippen LogP contribution in [-0.2, 0) is 4.12 Å². The molecule has 0 aliphatic rings. The van der Waals surface area contributed by atoms with Crippen LogP contribution in [0, 0.1) is 0 Å². The van der Waals surface area contributed by atoms with Crippen LogP contribution >= 0.6 is 0 Å². The first-order valence-electron chi connectivity index (χ1n) is 5.40. The minimum atomic E-state index is -1.65. The molecular formula is C9H24O4Si2. The molecule has 0 fully saturated rings. The van der Waals surface area contributed by atoms with Crippen molar-refractivity contribution in [2.45, 2.75) is 50.7 Å². The molecule has 92 valence electrons. The Hall–Kier alpha value is 0.274. The largest absolute Gasteiger partial charge is 0.458 e. The first-order chi connectivity index (χ1) is 6.75. The lowest BCUT2D eigenvalue weighted by Gasteiger charge is -2.33. The van der Waals surface area contributed by atoms with E-state index < -0.39 is 36.0 Å². The highest BCUT2D eigenvalue weighted by Crippen LogP contribution is 2.18. The zero-order valence-corrected chi connectivity index (χ0v) is 12.6. The summed E-state index contributed by atoms with van der Waals surface area (Å²) in [5.74, 6) is 0. The van der Waals surface area contributed by atoms with Gasteiger partial charge in [0.2, 0.25) is 0 Å². The number of aliphatic hydroxyl groups is 3. The second-order valence-corrected chi connectivity index (χ2v) is 11.8. The summed E-state index contributed by atoms with van der Waals surface area (Å²) < 4.78 is 5.73. The molecule has 0 spiro atoms. The molecule has 0 aromatic heterocycles. The van der Waals surface area contributed by atoms with Crippen molar-refractivity contribution >= 4 is 18.1 Å². The van der Waals surface area contributed by atoms with E-state index in [9.17, 15) is 10.2 Å². The van der Waals surface area contributed by atoms with Gasteiger partial charge in [0.15, 0.2) is 18.1 Å². The van der Waals surface area contributed by atoms with E-state index in [1.54, 1.807) is 0 Å².